The molecule has 1 fully saturated rings. The zero-order valence-electron chi connectivity index (χ0n) is 16.2. The van der Waals surface area contributed by atoms with Gasteiger partial charge in [-0.15, -0.1) is 0 Å². The second-order valence-electron chi connectivity index (χ2n) is 7.32. The first-order valence-electron chi connectivity index (χ1n) is 9.65. The lowest BCUT2D eigenvalue weighted by molar-refractivity contribution is -0.121. The third kappa shape index (κ3) is 4.51. The first-order valence-corrected chi connectivity index (χ1v) is 10.4. The van der Waals surface area contributed by atoms with E-state index >= 15 is 0 Å². The number of aromatic nitrogens is 2. The number of carbonyl (C=O) groups excluding carboxylic acids is 2. The molecule has 1 aromatic heterocycles. The van der Waals surface area contributed by atoms with Crippen LogP contribution in [0.1, 0.15) is 28.9 Å². The second-order valence-corrected chi connectivity index (χ2v) is 7.88. The highest BCUT2D eigenvalue weighted by molar-refractivity contribution is 6.99. The number of carbonyl (C=O) groups is 2. The molecule has 1 aliphatic heterocycles. The molecule has 4 rings (SSSR count). The van der Waals surface area contributed by atoms with Crippen molar-refractivity contribution in [2.45, 2.75) is 19.8 Å². The molecule has 6 nitrogen and oxygen atoms in total. The smallest absolute Gasteiger partial charge is 0.275 e. The monoisotopic (exact) mass is 406 g/mol. The molecule has 7 heteroatoms. The number of piperidine rings is 1. The van der Waals surface area contributed by atoms with Crippen molar-refractivity contribution in [1.82, 2.24) is 13.6 Å². The fraction of sp³-hybridized carbons (Fsp3) is 0.273. The number of nitrogens with one attached hydrogen (secondary N) is 1. The van der Waals surface area contributed by atoms with Gasteiger partial charge in [0.25, 0.3) is 5.91 Å². The van der Waals surface area contributed by atoms with Crippen molar-refractivity contribution in [3.8, 4) is 11.1 Å². The number of anilines is 1. The van der Waals surface area contributed by atoms with E-state index in [0.717, 1.165) is 41.4 Å². The summed E-state index contributed by atoms with van der Waals surface area (Å²) in [5.74, 6) is -0.445. The molecular weight excluding hydrogens is 384 g/mol. The lowest BCUT2D eigenvalue weighted by Gasteiger charge is -2.31. The summed E-state index contributed by atoms with van der Waals surface area (Å²) in [6, 6.07) is 16.1. The first kappa shape index (κ1) is 19.3. The third-order valence-electron chi connectivity index (χ3n) is 5.14. The normalized spacial score (nSPS) is 16.4. The van der Waals surface area contributed by atoms with Crippen LogP contribution in [0.4, 0.5) is 5.69 Å². The number of hydrogen-bond acceptors (Lipinski definition) is 5. The van der Waals surface area contributed by atoms with Crippen molar-refractivity contribution < 1.29 is 9.59 Å². The Morgan fingerprint density at radius 2 is 1.93 bits per heavy atom. The molecule has 1 saturated heterocycles. The van der Waals surface area contributed by atoms with Gasteiger partial charge in [0.15, 0.2) is 5.69 Å². The van der Waals surface area contributed by atoms with Crippen molar-refractivity contribution in [1.29, 1.82) is 0 Å². The average molecular weight is 407 g/mol. The molecular formula is C22H22N4O2S. The summed E-state index contributed by atoms with van der Waals surface area (Å²) in [6.07, 6.45) is 3.04. The van der Waals surface area contributed by atoms with Gasteiger partial charge in [-0.2, -0.15) is 8.75 Å². The Hall–Kier alpha value is -3.06. The quantitative estimate of drug-likeness (QED) is 0.710. The Kier molecular flexibility index (Phi) is 5.67. The predicted octanol–water partition coefficient (Wildman–Crippen LogP) is 4.00. The Morgan fingerprint density at radius 1 is 1.14 bits per heavy atom. The van der Waals surface area contributed by atoms with Gasteiger partial charge >= 0.3 is 0 Å². The predicted molar refractivity (Wildman–Crippen MR) is 114 cm³/mol. The molecule has 0 radical (unpaired) electrons. The molecule has 0 unspecified atom stereocenters. The van der Waals surface area contributed by atoms with Crippen molar-refractivity contribution in [3.05, 3.63) is 66.0 Å². The Balaban J connectivity index is 1.44. The van der Waals surface area contributed by atoms with Crippen molar-refractivity contribution in [3.63, 3.8) is 0 Å². The zero-order valence-corrected chi connectivity index (χ0v) is 17.0. The highest BCUT2D eigenvalue weighted by atomic mass is 32.1. The van der Waals surface area contributed by atoms with Crippen LogP contribution in [0, 0.1) is 12.8 Å². The number of likely N-dealkylation sites (tertiary alicyclic amines) is 1. The van der Waals surface area contributed by atoms with E-state index in [1.165, 1.54) is 11.8 Å². The van der Waals surface area contributed by atoms with Crippen LogP contribution in [0.2, 0.25) is 0 Å². The number of aryl methyl sites for hydroxylation is 1. The number of nitrogens with zero attached hydrogens (tertiary/aromatic N) is 3. The highest BCUT2D eigenvalue weighted by Crippen LogP contribution is 2.25. The van der Waals surface area contributed by atoms with E-state index in [0.29, 0.717) is 18.8 Å². The van der Waals surface area contributed by atoms with Crippen molar-refractivity contribution >= 4 is 29.2 Å². The van der Waals surface area contributed by atoms with Crippen LogP contribution in [0.15, 0.2) is 54.7 Å². The summed E-state index contributed by atoms with van der Waals surface area (Å²) in [4.78, 5) is 27.1. The van der Waals surface area contributed by atoms with E-state index in [1.807, 2.05) is 30.3 Å². The van der Waals surface area contributed by atoms with Crippen molar-refractivity contribution in [2.24, 2.45) is 5.92 Å². The summed E-state index contributed by atoms with van der Waals surface area (Å²) in [5, 5.41) is 3.03. The minimum atomic E-state index is -0.234. The molecule has 29 heavy (non-hydrogen) atoms. The largest absolute Gasteiger partial charge is 0.336 e. The lowest BCUT2D eigenvalue weighted by Crippen LogP contribution is -2.43. The maximum Gasteiger partial charge on any atom is 0.275 e. The lowest BCUT2D eigenvalue weighted by atomic mass is 9.96. The molecule has 1 atom stereocenters. The van der Waals surface area contributed by atoms with Crippen LogP contribution in [0.3, 0.4) is 0 Å². The summed E-state index contributed by atoms with van der Waals surface area (Å²) in [7, 11) is 0. The molecule has 0 spiro atoms. The fourth-order valence-electron chi connectivity index (χ4n) is 3.64. The van der Waals surface area contributed by atoms with Gasteiger partial charge in [0, 0.05) is 18.8 Å². The number of hydrogen-bond donors (Lipinski definition) is 1. The molecule has 2 heterocycles. The summed E-state index contributed by atoms with van der Waals surface area (Å²) < 4.78 is 7.90. The molecule has 0 saturated carbocycles. The van der Waals surface area contributed by atoms with E-state index in [4.69, 9.17) is 0 Å². The van der Waals surface area contributed by atoms with Gasteiger partial charge in [-0.3, -0.25) is 9.59 Å². The molecule has 148 valence electrons. The first-order chi connectivity index (χ1) is 14.1. The highest BCUT2D eigenvalue weighted by Gasteiger charge is 2.29. The number of benzene rings is 2. The van der Waals surface area contributed by atoms with Gasteiger partial charge in [-0.25, -0.2) is 0 Å². The summed E-state index contributed by atoms with van der Waals surface area (Å²) in [6.45, 7) is 3.11. The minimum absolute atomic E-state index is 0.0553. The van der Waals surface area contributed by atoms with E-state index < -0.39 is 0 Å². The van der Waals surface area contributed by atoms with Gasteiger partial charge < -0.3 is 10.2 Å². The topological polar surface area (TPSA) is 75.2 Å². The zero-order chi connectivity index (χ0) is 20.2. The van der Waals surface area contributed by atoms with Crippen LogP contribution in [0.5, 0.6) is 0 Å². The van der Waals surface area contributed by atoms with Gasteiger partial charge in [0.1, 0.15) is 0 Å². The van der Waals surface area contributed by atoms with Crippen LogP contribution in [0.25, 0.3) is 11.1 Å². The van der Waals surface area contributed by atoms with Gasteiger partial charge in [0.2, 0.25) is 5.91 Å². The van der Waals surface area contributed by atoms with Gasteiger partial charge in [-0.1, -0.05) is 42.0 Å². The minimum Gasteiger partial charge on any atom is -0.336 e. The Labute approximate surface area is 173 Å². The van der Waals surface area contributed by atoms with E-state index in [-0.39, 0.29) is 17.7 Å². The van der Waals surface area contributed by atoms with Crippen LogP contribution in [-0.2, 0) is 4.79 Å². The van der Waals surface area contributed by atoms with Crippen LogP contribution >= 0.6 is 11.7 Å². The fourth-order valence-corrected chi connectivity index (χ4v) is 4.05. The van der Waals surface area contributed by atoms with Gasteiger partial charge in [0.05, 0.1) is 23.8 Å². The molecule has 2 amide bonds. The van der Waals surface area contributed by atoms with Gasteiger partial charge in [-0.05, 0) is 43.0 Å². The third-order valence-corrected chi connectivity index (χ3v) is 5.62. The second kappa shape index (κ2) is 8.53. The molecule has 0 aliphatic carbocycles. The number of rotatable bonds is 4. The molecule has 0 bridgehead atoms. The molecule has 1 N–H and O–H groups in total. The van der Waals surface area contributed by atoms with Crippen LogP contribution < -0.4 is 5.32 Å². The summed E-state index contributed by atoms with van der Waals surface area (Å²) in [5.41, 5.74) is 4.48. The molecule has 1 aliphatic rings. The van der Waals surface area contributed by atoms with Crippen molar-refractivity contribution in [2.75, 3.05) is 18.4 Å². The van der Waals surface area contributed by atoms with E-state index in [2.05, 4.69) is 39.2 Å². The van der Waals surface area contributed by atoms with E-state index in [1.54, 1.807) is 4.90 Å². The number of amides is 2. The standard InChI is InChI=1S/C22H22N4O2S/c1-15-5-2-6-16(11-15)17-7-3-9-19(12-17)24-21(27)18-8-4-10-26(14-18)22(28)20-13-23-29-25-20/h2-3,5-7,9,11-13,18H,4,8,10,14H2,1H3,(H,24,27)/t18-/m0/s1. The SMILES string of the molecule is Cc1cccc(-c2cccc(NC(=O)[C@H]3CCCN(C(=O)c4cnsn4)C3)c2)c1. The van der Waals surface area contributed by atoms with Crippen LogP contribution in [-0.4, -0.2) is 38.6 Å². The maximum absolute atomic E-state index is 12.8. The summed E-state index contributed by atoms with van der Waals surface area (Å²) >= 11 is 1.01. The molecule has 3 aromatic rings. The Morgan fingerprint density at radius 3 is 2.69 bits per heavy atom. The van der Waals surface area contributed by atoms with E-state index in [9.17, 15) is 9.59 Å². The maximum atomic E-state index is 12.8. The Bertz CT molecular complexity index is 1020. The molecule has 2 aromatic carbocycles. The average Bonchev–Trinajstić information content (AvgIpc) is 3.28.